The maximum absolute atomic E-state index is 12.0. The summed E-state index contributed by atoms with van der Waals surface area (Å²) in [6, 6.07) is -0.151. The number of ether oxygens (including phenoxy) is 1. The highest BCUT2D eigenvalue weighted by Gasteiger charge is 2.28. The van der Waals surface area contributed by atoms with Crippen molar-refractivity contribution in [2.24, 2.45) is 0 Å². The van der Waals surface area contributed by atoms with E-state index in [4.69, 9.17) is 4.74 Å². The topological polar surface area (TPSA) is 49.8 Å². The van der Waals surface area contributed by atoms with Gasteiger partial charge in [-0.2, -0.15) is 0 Å². The third-order valence-electron chi connectivity index (χ3n) is 2.24. The highest BCUT2D eigenvalue weighted by atomic mass is 16.6. The number of nitrogens with zero attached hydrogens (tertiary/aromatic N) is 1. The molecular weight excluding hydrogens is 230 g/mol. The molecule has 4 nitrogen and oxygen atoms in total. The Bertz CT molecular complexity index is 218. The number of rotatable bonds is 4. The van der Waals surface area contributed by atoms with Crippen LogP contribution in [-0.4, -0.2) is 40.4 Å². The van der Waals surface area contributed by atoms with Crippen molar-refractivity contribution in [1.82, 2.24) is 4.90 Å². The van der Waals surface area contributed by atoms with Crippen LogP contribution in [0.15, 0.2) is 0 Å². The molecule has 1 atom stereocenters. The van der Waals surface area contributed by atoms with E-state index < -0.39 is 5.60 Å². The van der Waals surface area contributed by atoms with Crippen molar-refractivity contribution < 1.29 is 14.6 Å². The smallest absolute Gasteiger partial charge is 0.410 e. The van der Waals surface area contributed by atoms with Crippen LogP contribution >= 0.6 is 0 Å². The minimum absolute atomic E-state index is 0.0203. The van der Waals surface area contributed by atoms with Gasteiger partial charge >= 0.3 is 6.09 Å². The van der Waals surface area contributed by atoms with Gasteiger partial charge < -0.3 is 14.7 Å². The van der Waals surface area contributed by atoms with Crippen LogP contribution in [0.1, 0.15) is 61.8 Å². The van der Waals surface area contributed by atoms with E-state index in [1.54, 1.807) is 4.90 Å². The van der Waals surface area contributed by atoms with Gasteiger partial charge in [-0.15, -0.1) is 0 Å². The molecule has 0 heterocycles. The van der Waals surface area contributed by atoms with Crippen molar-refractivity contribution in [3.63, 3.8) is 0 Å². The summed E-state index contributed by atoms with van der Waals surface area (Å²) in [4.78, 5) is 13.6. The predicted octanol–water partition coefficient (Wildman–Crippen LogP) is 3.43. The van der Waals surface area contributed by atoms with Gasteiger partial charge in [-0.25, -0.2) is 4.79 Å². The maximum atomic E-state index is 12.0. The first-order chi connectivity index (χ1) is 8.22. The number of aliphatic hydroxyl groups excluding tert-OH is 1. The lowest BCUT2D eigenvalue weighted by molar-refractivity contribution is 0.000431. The summed E-state index contributed by atoms with van der Waals surface area (Å²) in [6.07, 6.45) is 0.358. The van der Waals surface area contributed by atoms with E-state index in [0.29, 0.717) is 6.42 Å². The van der Waals surface area contributed by atoms with Gasteiger partial charge in [-0.05, 0) is 41.0 Å². The minimum Gasteiger partial charge on any atom is -0.444 e. The van der Waals surface area contributed by atoms with Gasteiger partial charge in [0.15, 0.2) is 0 Å². The molecule has 0 spiro atoms. The fourth-order valence-corrected chi connectivity index (χ4v) is 1.51. The van der Waals surface area contributed by atoms with Crippen LogP contribution in [-0.2, 0) is 4.74 Å². The summed E-state index contributed by atoms with van der Waals surface area (Å²) >= 11 is 0. The van der Waals surface area contributed by atoms with Crippen molar-refractivity contribution >= 4 is 6.09 Å². The molecule has 0 saturated heterocycles. The normalized spacial score (nSPS) is 12.6. The standard InChI is InChI=1S/C12H25NO3.C2H6/c1-7-10(8-14)13(9(2)3)11(15)16-12(4,5)6;1-2/h9-10,14H,7-8H2,1-6H3;1-2H3/t10-;/m0./s1. The Hall–Kier alpha value is -0.770. The van der Waals surface area contributed by atoms with Gasteiger partial charge in [-0.3, -0.25) is 0 Å². The lowest BCUT2D eigenvalue weighted by atomic mass is 10.1. The largest absolute Gasteiger partial charge is 0.444 e. The summed E-state index contributed by atoms with van der Waals surface area (Å²) in [7, 11) is 0. The molecule has 0 bridgehead atoms. The third kappa shape index (κ3) is 7.54. The lowest BCUT2D eigenvalue weighted by Gasteiger charge is -2.35. The second-order valence-electron chi connectivity index (χ2n) is 5.23. The Balaban J connectivity index is 0. The molecule has 0 unspecified atom stereocenters. The van der Waals surface area contributed by atoms with Crippen LogP contribution in [0.5, 0.6) is 0 Å². The van der Waals surface area contributed by atoms with Crippen LogP contribution < -0.4 is 0 Å². The van der Waals surface area contributed by atoms with E-state index in [1.807, 2.05) is 55.4 Å². The summed E-state index contributed by atoms with van der Waals surface area (Å²) in [6.45, 7) is 15.3. The number of carbonyl (C=O) groups is 1. The van der Waals surface area contributed by atoms with Crippen LogP contribution in [0.25, 0.3) is 0 Å². The third-order valence-corrected chi connectivity index (χ3v) is 2.24. The molecule has 0 fully saturated rings. The number of hydrogen-bond donors (Lipinski definition) is 1. The fourth-order valence-electron chi connectivity index (χ4n) is 1.51. The van der Waals surface area contributed by atoms with E-state index in [-0.39, 0.29) is 24.8 Å². The summed E-state index contributed by atoms with van der Waals surface area (Å²) < 4.78 is 5.32. The minimum atomic E-state index is -0.502. The zero-order valence-corrected chi connectivity index (χ0v) is 13.3. The molecule has 0 aromatic carbocycles. The summed E-state index contributed by atoms with van der Waals surface area (Å²) in [5, 5.41) is 9.24. The molecule has 0 radical (unpaired) electrons. The van der Waals surface area contributed by atoms with E-state index in [2.05, 4.69) is 0 Å². The SMILES string of the molecule is CC.CC[C@@H](CO)N(C(=O)OC(C)(C)C)C(C)C. The van der Waals surface area contributed by atoms with Crippen molar-refractivity contribution in [3.05, 3.63) is 0 Å². The molecule has 0 saturated carbocycles. The Labute approximate surface area is 112 Å². The van der Waals surface area contributed by atoms with Gasteiger partial charge in [-0.1, -0.05) is 20.8 Å². The van der Waals surface area contributed by atoms with Crippen molar-refractivity contribution in [3.8, 4) is 0 Å². The van der Waals surface area contributed by atoms with E-state index in [0.717, 1.165) is 0 Å². The number of carbonyl (C=O) groups excluding carboxylic acids is 1. The average molecular weight is 261 g/mol. The molecule has 0 aliphatic rings. The second-order valence-corrected chi connectivity index (χ2v) is 5.23. The van der Waals surface area contributed by atoms with Gasteiger partial charge in [0.2, 0.25) is 0 Å². The van der Waals surface area contributed by atoms with Crippen LogP contribution in [0.3, 0.4) is 0 Å². The molecule has 110 valence electrons. The Morgan fingerprint density at radius 2 is 1.72 bits per heavy atom. The summed E-state index contributed by atoms with van der Waals surface area (Å²) in [5.74, 6) is 0. The summed E-state index contributed by atoms with van der Waals surface area (Å²) in [5.41, 5.74) is -0.502. The lowest BCUT2D eigenvalue weighted by Crippen LogP contribution is -2.48. The van der Waals surface area contributed by atoms with Crippen LogP contribution in [0.4, 0.5) is 4.79 Å². The quantitative estimate of drug-likeness (QED) is 0.843. The Morgan fingerprint density at radius 3 is 1.94 bits per heavy atom. The molecule has 0 aliphatic carbocycles. The van der Waals surface area contributed by atoms with E-state index in [1.165, 1.54) is 0 Å². The van der Waals surface area contributed by atoms with Gasteiger partial charge in [0, 0.05) is 6.04 Å². The van der Waals surface area contributed by atoms with Crippen LogP contribution in [0, 0.1) is 0 Å². The van der Waals surface area contributed by atoms with Crippen LogP contribution in [0.2, 0.25) is 0 Å². The highest BCUT2D eigenvalue weighted by molar-refractivity contribution is 5.69. The first kappa shape index (κ1) is 19.6. The zero-order chi connectivity index (χ0) is 14.9. The van der Waals surface area contributed by atoms with E-state index >= 15 is 0 Å². The number of amides is 1. The molecule has 1 N–H and O–H groups in total. The monoisotopic (exact) mass is 261 g/mol. The first-order valence-electron chi connectivity index (χ1n) is 6.85. The second kappa shape index (κ2) is 9.20. The predicted molar refractivity (Wildman–Crippen MR) is 75.7 cm³/mol. The maximum Gasteiger partial charge on any atom is 0.410 e. The Kier molecular flexibility index (Phi) is 10.00. The highest BCUT2D eigenvalue weighted by Crippen LogP contribution is 2.15. The van der Waals surface area contributed by atoms with Crippen molar-refractivity contribution in [2.45, 2.75) is 79.5 Å². The Morgan fingerprint density at radius 1 is 1.28 bits per heavy atom. The van der Waals surface area contributed by atoms with E-state index in [9.17, 15) is 9.90 Å². The first-order valence-corrected chi connectivity index (χ1v) is 6.85. The zero-order valence-electron chi connectivity index (χ0n) is 13.3. The molecule has 0 aliphatic heterocycles. The molecule has 0 aromatic heterocycles. The molecule has 4 heteroatoms. The molecular formula is C14H31NO3. The number of aliphatic hydroxyl groups is 1. The molecule has 0 aromatic rings. The fraction of sp³-hybridized carbons (Fsp3) is 0.929. The molecule has 18 heavy (non-hydrogen) atoms. The van der Waals surface area contributed by atoms with Gasteiger partial charge in [0.25, 0.3) is 0 Å². The average Bonchev–Trinajstić information content (AvgIpc) is 2.25. The number of hydrogen-bond acceptors (Lipinski definition) is 3. The van der Waals surface area contributed by atoms with Gasteiger partial charge in [0.05, 0.1) is 12.6 Å². The van der Waals surface area contributed by atoms with Crippen molar-refractivity contribution in [2.75, 3.05) is 6.61 Å². The van der Waals surface area contributed by atoms with Crippen molar-refractivity contribution in [1.29, 1.82) is 0 Å². The van der Waals surface area contributed by atoms with Gasteiger partial charge in [0.1, 0.15) is 5.60 Å². The molecule has 1 amide bonds. The molecule has 0 rings (SSSR count).